The quantitative estimate of drug-likeness (QED) is 0.530. The van der Waals surface area contributed by atoms with Gasteiger partial charge in [0.05, 0.1) is 0 Å². The zero-order chi connectivity index (χ0) is 15.2. The lowest BCUT2D eigenvalue weighted by atomic mass is 10.0. The first kappa shape index (κ1) is 14.0. The van der Waals surface area contributed by atoms with Crippen LogP contribution in [0.4, 0.5) is 0 Å². The number of rotatable bonds is 3. The molecule has 3 aromatic carbocycles. The van der Waals surface area contributed by atoms with Crippen molar-refractivity contribution >= 4 is 12.1 Å². The van der Waals surface area contributed by atoms with Gasteiger partial charge in [-0.1, -0.05) is 84.9 Å². The van der Waals surface area contributed by atoms with E-state index in [9.17, 15) is 0 Å². The number of hydrogen-bond acceptors (Lipinski definition) is 1. The molecule has 1 N–H and O–H groups in total. The Morgan fingerprint density at radius 3 is 1.86 bits per heavy atom. The predicted molar refractivity (Wildman–Crippen MR) is 92.7 cm³/mol. The first-order chi connectivity index (χ1) is 10.8. The van der Waals surface area contributed by atoms with E-state index in [2.05, 4.69) is 17.1 Å². The highest BCUT2D eigenvalue weighted by Crippen LogP contribution is 2.19. The molecule has 22 heavy (non-hydrogen) atoms. The van der Waals surface area contributed by atoms with Crippen LogP contribution in [-0.4, -0.2) is 12.1 Å². The molecule has 0 aliphatic heterocycles. The molecule has 0 spiro atoms. The summed E-state index contributed by atoms with van der Waals surface area (Å²) in [5.74, 6) is 0.267. The summed E-state index contributed by atoms with van der Waals surface area (Å²) >= 11 is 0. The van der Waals surface area contributed by atoms with E-state index in [1.807, 2.05) is 72.8 Å². The minimum Gasteiger partial charge on any atom is -0.282 e. The molecule has 3 aromatic rings. The summed E-state index contributed by atoms with van der Waals surface area (Å²) < 4.78 is 0. The Labute approximate surface area is 130 Å². The van der Waals surface area contributed by atoms with Crippen LogP contribution in [0.15, 0.2) is 89.9 Å². The summed E-state index contributed by atoms with van der Waals surface area (Å²) in [6.45, 7) is 0. The minimum atomic E-state index is 0.267. The van der Waals surface area contributed by atoms with Crippen molar-refractivity contribution in [1.29, 1.82) is 5.41 Å². The number of amidine groups is 1. The molecule has 0 fully saturated rings. The zero-order valence-electron chi connectivity index (χ0n) is 12.1. The van der Waals surface area contributed by atoms with E-state index >= 15 is 0 Å². The SMILES string of the molecule is N=C(N=Cc1ccccc1)c1ccc(-c2ccccc2)cc1. The first-order valence-corrected chi connectivity index (χ1v) is 7.16. The number of nitrogens with one attached hydrogen (secondary N) is 1. The van der Waals surface area contributed by atoms with Crippen LogP contribution in [-0.2, 0) is 0 Å². The fourth-order valence-electron chi connectivity index (χ4n) is 2.20. The van der Waals surface area contributed by atoms with Crippen molar-refractivity contribution in [3.8, 4) is 11.1 Å². The van der Waals surface area contributed by atoms with E-state index in [1.165, 1.54) is 5.56 Å². The summed E-state index contributed by atoms with van der Waals surface area (Å²) in [7, 11) is 0. The maximum Gasteiger partial charge on any atom is 0.151 e. The van der Waals surface area contributed by atoms with Gasteiger partial charge in [0.25, 0.3) is 0 Å². The molecule has 0 unspecified atom stereocenters. The number of benzene rings is 3. The molecule has 2 nitrogen and oxygen atoms in total. The van der Waals surface area contributed by atoms with Crippen LogP contribution in [0, 0.1) is 5.41 Å². The highest BCUT2D eigenvalue weighted by molar-refractivity contribution is 6.03. The molecule has 0 radical (unpaired) electrons. The highest BCUT2D eigenvalue weighted by Gasteiger charge is 2.01. The lowest BCUT2D eigenvalue weighted by molar-refractivity contribution is 1.42. The van der Waals surface area contributed by atoms with Crippen molar-refractivity contribution in [1.82, 2.24) is 0 Å². The van der Waals surface area contributed by atoms with Gasteiger partial charge in [0, 0.05) is 11.8 Å². The van der Waals surface area contributed by atoms with Gasteiger partial charge in [0.15, 0.2) is 5.84 Å². The van der Waals surface area contributed by atoms with E-state index < -0.39 is 0 Å². The van der Waals surface area contributed by atoms with Crippen molar-refractivity contribution in [2.24, 2.45) is 4.99 Å². The van der Waals surface area contributed by atoms with Crippen molar-refractivity contribution < 1.29 is 0 Å². The third-order valence-electron chi connectivity index (χ3n) is 3.41. The molecule has 0 aliphatic carbocycles. The largest absolute Gasteiger partial charge is 0.282 e. The Balaban J connectivity index is 1.75. The van der Waals surface area contributed by atoms with Gasteiger partial charge >= 0.3 is 0 Å². The van der Waals surface area contributed by atoms with E-state index in [0.29, 0.717) is 0 Å². The Kier molecular flexibility index (Phi) is 4.21. The highest BCUT2D eigenvalue weighted by atomic mass is 14.8. The van der Waals surface area contributed by atoms with Crippen molar-refractivity contribution in [3.63, 3.8) is 0 Å². The fraction of sp³-hybridized carbons (Fsp3) is 0. The van der Waals surface area contributed by atoms with Crippen LogP contribution >= 0.6 is 0 Å². The maximum atomic E-state index is 8.06. The first-order valence-electron chi connectivity index (χ1n) is 7.16. The molecule has 0 bridgehead atoms. The van der Waals surface area contributed by atoms with Gasteiger partial charge in [0.2, 0.25) is 0 Å². The van der Waals surface area contributed by atoms with Crippen molar-refractivity contribution in [3.05, 3.63) is 96.1 Å². The predicted octanol–water partition coefficient (Wildman–Crippen LogP) is 4.80. The van der Waals surface area contributed by atoms with Crippen LogP contribution in [0.5, 0.6) is 0 Å². The van der Waals surface area contributed by atoms with Gasteiger partial charge in [-0.25, -0.2) is 4.99 Å². The van der Waals surface area contributed by atoms with Crippen LogP contribution in [0.25, 0.3) is 11.1 Å². The summed E-state index contributed by atoms with van der Waals surface area (Å²) in [6, 6.07) is 27.9. The lowest BCUT2D eigenvalue weighted by Crippen LogP contribution is -1.95. The Hall–Kier alpha value is -3.00. The molecule has 0 saturated carbocycles. The van der Waals surface area contributed by atoms with Gasteiger partial charge in [-0.15, -0.1) is 0 Å². The summed E-state index contributed by atoms with van der Waals surface area (Å²) in [5, 5.41) is 8.06. The van der Waals surface area contributed by atoms with Gasteiger partial charge in [-0.3, -0.25) is 5.41 Å². The van der Waals surface area contributed by atoms with Crippen LogP contribution in [0.2, 0.25) is 0 Å². The molecule has 106 valence electrons. The standard InChI is InChI=1S/C20H16N2/c21-20(22-15-16-7-3-1-4-8-16)19-13-11-18(12-14-19)17-9-5-2-6-10-17/h1-15,21H. The van der Waals surface area contributed by atoms with Gasteiger partial charge in [-0.2, -0.15) is 0 Å². The second-order valence-corrected chi connectivity index (χ2v) is 4.96. The maximum absolute atomic E-state index is 8.06. The van der Waals surface area contributed by atoms with Crippen molar-refractivity contribution in [2.45, 2.75) is 0 Å². The van der Waals surface area contributed by atoms with E-state index in [1.54, 1.807) is 6.21 Å². The molecule has 0 saturated heterocycles. The normalized spacial score (nSPS) is 10.7. The van der Waals surface area contributed by atoms with Crippen LogP contribution in [0.1, 0.15) is 11.1 Å². The van der Waals surface area contributed by atoms with E-state index in [-0.39, 0.29) is 5.84 Å². The molecule has 0 aromatic heterocycles. The van der Waals surface area contributed by atoms with Crippen LogP contribution < -0.4 is 0 Å². The topological polar surface area (TPSA) is 36.2 Å². The second-order valence-electron chi connectivity index (χ2n) is 4.96. The molecule has 2 heteroatoms. The molecule has 0 atom stereocenters. The molecule has 0 aliphatic rings. The van der Waals surface area contributed by atoms with Gasteiger partial charge in [0.1, 0.15) is 0 Å². The number of aliphatic imine (C=N–C) groups is 1. The number of hydrogen-bond donors (Lipinski definition) is 1. The lowest BCUT2D eigenvalue weighted by Gasteiger charge is -2.03. The fourth-order valence-corrected chi connectivity index (χ4v) is 2.20. The molecule has 0 heterocycles. The summed E-state index contributed by atoms with van der Waals surface area (Å²) in [5.41, 5.74) is 4.12. The monoisotopic (exact) mass is 284 g/mol. The summed E-state index contributed by atoms with van der Waals surface area (Å²) in [6.07, 6.45) is 1.72. The minimum absolute atomic E-state index is 0.267. The van der Waals surface area contributed by atoms with E-state index in [0.717, 1.165) is 16.7 Å². The zero-order valence-corrected chi connectivity index (χ0v) is 12.1. The Morgan fingerprint density at radius 1 is 0.682 bits per heavy atom. The third-order valence-corrected chi connectivity index (χ3v) is 3.41. The smallest absolute Gasteiger partial charge is 0.151 e. The molecular weight excluding hydrogens is 268 g/mol. The third kappa shape index (κ3) is 3.36. The second kappa shape index (κ2) is 6.64. The average molecular weight is 284 g/mol. The Morgan fingerprint density at radius 2 is 1.23 bits per heavy atom. The molecular formula is C20H16N2. The Bertz CT molecular complexity index is 773. The van der Waals surface area contributed by atoms with E-state index in [4.69, 9.17) is 5.41 Å². The number of nitrogens with zero attached hydrogens (tertiary/aromatic N) is 1. The average Bonchev–Trinajstić information content (AvgIpc) is 2.61. The van der Waals surface area contributed by atoms with Gasteiger partial charge in [-0.05, 0) is 16.7 Å². The molecule has 0 amide bonds. The van der Waals surface area contributed by atoms with Gasteiger partial charge < -0.3 is 0 Å². The summed E-state index contributed by atoms with van der Waals surface area (Å²) in [4.78, 5) is 4.23. The van der Waals surface area contributed by atoms with Crippen LogP contribution in [0.3, 0.4) is 0 Å². The van der Waals surface area contributed by atoms with Crippen molar-refractivity contribution in [2.75, 3.05) is 0 Å². The molecule has 3 rings (SSSR count).